The summed E-state index contributed by atoms with van der Waals surface area (Å²) in [7, 11) is -0.951. The zero-order valence-electron chi connectivity index (χ0n) is 9.28. The molecule has 1 rings (SSSR count). The van der Waals surface area contributed by atoms with Crippen LogP contribution in [0.25, 0.3) is 0 Å². The van der Waals surface area contributed by atoms with Gasteiger partial charge in [0.25, 0.3) is 0 Å². The van der Waals surface area contributed by atoms with Crippen LogP contribution in [-0.2, 0) is 16.6 Å². The molecular weight excluding hydrogens is 206 g/mol. The SMILES string of the molecule is CC(C)(C)S(=O)Cc1ccccc1C#N. The van der Waals surface area contributed by atoms with Gasteiger partial charge in [0.2, 0.25) is 0 Å². The maximum Gasteiger partial charge on any atom is 0.0994 e. The molecule has 0 fully saturated rings. The molecule has 1 aromatic rings. The highest BCUT2D eigenvalue weighted by Gasteiger charge is 2.20. The number of hydrogen-bond donors (Lipinski definition) is 0. The third kappa shape index (κ3) is 3.17. The first kappa shape index (κ1) is 11.9. The first-order valence-electron chi connectivity index (χ1n) is 4.81. The van der Waals surface area contributed by atoms with Crippen LogP contribution < -0.4 is 0 Å². The summed E-state index contributed by atoms with van der Waals surface area (Å²) in [6.07, 6.45) is 0. The highest BCUT2D eigenvalue weighted by Crippen LogP contribution is 2.18. The van der Waals surface area contributed by atoms with Crippen LogP contribution in [0.3, 0.4) is 0 Å². The lowest BCUT2D eigenvalue weighted by Gasteiger charge is -2.17. The minimum absolute atomic E-state index is 0.234. The van der Waals surface area contributed by atoms with Crippen molar-refractivity contribution < 1.29 is 4.21 Å². The van der Waals surface area contributed by atoms with Gasteiger partial charge in [-0.2, -0.15) is 5.26 Å². The van der Waals surface area contributed by atoms with Gasteiger partial charge in [-0.3, -0.25) is 4.21 Å². The fourth-order valence-electron chi connectivity index (χ4n) is 1.11. The number of rotatable bonds is 2. The Hall–Kier alpha value is -1.14. The predicted octanol–water partition coefficient (Wildman–Crippen LogP) is 2.61. The molecule has 0 saturated heterocycles. The molecule has 15 heavy (non-hydrogen) atoms. The Balaban J connectivity index is 2.92. The molecule has 1 unspecified atom stereocenters. The van der Waals surface area contributed by atoms with Gasteiger partial charge in [0.15, 0.2) is 0 Å². The predicted molar refractivity (Wildman–Crippen MR) is 62.8 cm³/mol. The van der Waals surface area contributed by atoms with Gasteiger partial charge in [-0.25, -0.2) is 0 Å². The summed E-state index contributed by atoms with van der Waals surface area (Å²) in [6, 6.07) is 9.43. The van der Waals surface area contributed by atoms with E-state index in [9.17, 15) is 4.21 Å². The third-order valence-electron chi connectivity index (χ3n) is 2.11. The van der Waals surface area contributed by atoms with E-state index in [2.05, 4.69) is 6.07 Å². The van der Waals surface area contributed by atoms with E-state index in [1.54, 1.807) is 6.07 Å². The first-order valence-corrected chi connectivity index (χ1v) is 6.13. The highest BCUT2D eigenvalue weighted by atomic mass is 32.2. The van der Waals surface area contributed by atoms with E-state index in [1.165, 1.54) is 0 Å². The van der Waals surface area contributed by atoms with Gasteiger partial charge in [-0.15, -0.1) is 0 Å². The summed E-state index contributed by atoms with van der Waals surface area (Å²) in [5, 5.41) is 8.89. The van der Waals surface area contributed by atoms with Crippen molar-refractivity contribution in [1.29, 1.82) is 5.26 Å². The molecule has 0 spiro atoms. The molecule has 0 aromatic heterocycles. The van der Waals surface area contributed by atoms with Crippen molar-refractivity contribution in [3.05, 3.63) is 35.4 Å². The summed E-state index contributed by atoms with van der Waals surface area (Å²) in [4.78, 5) is 0. The summed E-state index contributed by atoms with van der Waals surface area (Å²) in [5.74, 6) is 0.452. The van der Waals surface area contributed by atoms with E-state index in [4.69, 9.17) is 5.26 Å². The van der Waals surface area contributed by atoms with Crippen LogP contribution in [0, 0.1) is 11.3 Å². The molecule has 3 heteroatoms. The van der Waals surface area contributed by atoms with Crippen LogP contribution in [0.4, 0.5) is 0 Å². The average Bonchev–Trinajstić information content (AvgIpc) is 2.17. The van der Waals surface area contributed by atoms with Gasteiger partial charge in [0, 0.05) is 15.5 Å². The second-order valence-electron chi connectivity index (χ2n) is 4.37. The quantitative estimate of drug-likeness (QED) is 0.770. The first-order chi connectivity index (χ1) is 6.95. The summed E-state index contributed by atoms with van der Waals surface area (Å²) in [5.41, 5.74) is 1.49. The Kier molecular flexibility index (Phi) is 3.65. The molecule has 0 bridgehead atoms. The Morgan fingerprint density at radius 1 is 1.33 bits per heavy atom. The van der Waals surface area contributed by atoms with Crippen LogP contribution >= 0.6 is 0 Å². The lowest BCUT2D eigenvalue weighted by Crippen LogP contribution is -2.23. The van der Waals surface area contributed by atoms with E-state index in [-0.39, 0.29) is 4.75 Å². The number of nitrogens with zero attached hydrogens (tertiary/aromatic N) is 1. The average molecular weight is 221 g/mol. The van der Waals surface area contributed by atoms with E-state index < -0.39 is 10.8 Å². The molecule has 0 heterocycles. The van der Waals surface area contributed by atoms with Crippen molar-refractivity contribution in [2.24, 2.45) is 0 Å². The molecule has 80 valence electrons. The third-order valence-corrected chi connectivity index (χ3v) is 4.05. The molecule has 0 aliphatic carbocycles. The lowest BCUT2D eigenvalue weighted by molar-refractivity contribution is 0.648. The van der Waals surface area contributed by atoms with Crippen LogP contribution in [0.1, 0.15) is 31.9 Å². The molecule has 0 aliphatic heterocycles. The molecule has 0 radical (unpaired) electrons. The Labute approximate surface area is 93.4 Å². The number of hydrogen-bond acceptors (Lipinski definition) is 2. The topological polar surface area (TPSA) is 40.9 Å². The summed E-state index contributed by atoms with van der Waals surface area (Å²) in [6.45, 7) is 5.83. The highest BCUT2D eigenvalue weighted by molar-refractivity contribution is 7.85. The van der Waals surface area contributed by atoms with Crippen molar-refractivity contribution >= 4 is 10.8 Å². The Bertz CT molecular complexity index is 412. The van der Waals surface area contributed by atoms with Crippen molar-refractivity contribution in [2.45, 2.75) is 31.3 Å². The second-order valence-corrected chi connectivity index (χ2v) is 6.58. The molecule has 1 atom stereocenters. The van der Waals surface area contributed by atoms with Crippen molar-refractivity contribution in [3.63, 3.8) is 0 Å². The zero-order valence-corrected chi connectivity index (χ0v) is 10.1. The maximum absolute atomic E-state index is 11.9. The molecule has 0 saturated carbocycles. The molecule has 0 N–H and O–H groups in total. The maximum atomic E-state index is 11.9. The van der Waals surface area contributed by atoms with E-state index >= 15 is 0 Å². The molecule has 0 aliphatic rings. The minimum Gasteiger partial charge on any atom is -0.259 e. The smallest absolute Gasteiger partial charge is 0.0994 e. The fourth-order valence-corrected chi connectivity index (χ4v) is 2.08. The van der Waals surface area contributed by atoms with E-state index in [1.807, 2.05) is 39.0 Å². The Morgan fingerprint density at radius 3 is 2.47 bits per heavy atom. The monoisotopic (exact) mass is 221 g/mol. The van der Waals surface area contributed by atoms with Crippen molar-refractivity contribution in [2.75, 3.05) is 0 Å². The molecule has 1 aromatic carbocycles. The molecule has 2 nitrogen and oxygen atoms in total. The number of nitriles is 1. The number of benzene rings is 1. The minimum atomic E-state index is -0.951. The van der Waals surface area contributed by atoms with Gasteiger partial charge in [-0.1, -0.05) is 18.2 Å². The fraction of sp³-hybridized carbons (Fsp3) is 0.417. The van der Waals surface area contributed by atoms with Crippen molar-refractivity contribution in [3.8, 4) is 6.07 Å². The van der Waals surface area contributed by atoms with Crippen LogP contribution in [0.2, 0.25) is 0 Å². The van der Waals surface area contributed by atoms with Gasteiger partial charge in [0.05, 0.1) is 17.4 Å². The molecule has 0 amide bonds. The largest absolute Gasteiger partial charge is 0.259 e. The van der Waals surface area contributed by atoms with Crippen LogP contribution in [0.5, 0.6) is 0 Å². The Morgan fingerprint density at radius 2 is 1.93 bits per heavy atom. The summed E-state index contributed by atoms with van der Waals surface area (Å²) < 4.78 is 11.7. The van der Waals surface area contributed by atoms with Gasteiger partial charge in [-0.05, 0) is 32.4 Å². The van der Waals surface area contributed by atoms with Crippen LogP contribution in [0.15, 0.2) is 24.3 Å². The standard InChI is InChI=1S/C12H15NOS/c1-12(2,3)15(14)9-11-7-5-4-6-10(11)8-13/h4-7H,9H2,1-3H3. The van der Waals surface area contributed by atoms with Crippen molar-refractivity contribution in [1.82, 2.24) is 0 Å². The van der Waals surface area contributed by atoms with E-state index in [0.717, 1.165) is 5.56 Å². The van der Waals surface area contributed by atoms with E-state index in [0.29, 0.717) is 11.3 Å². The molecular formula is C12H15NOS. The van der Waals surface area contributed by atoms with Crippen LogP contribution in [-0.4, -0.2) is 8.96 Å². The zero-order chi connectivity index (χ0) is 11.5. The second kappa shape index (κ2) is 4.59. The van der Waals surface area contributed by atoms with Gasteiger partial charge < -0.3 is 0 Å². The van der Waals surface area contributed by atoms with Gasteiger partial charge in [0.1, 0.15) is 0 Å². The summed E-state index contributed by atoms with van der Waals surface area (Å²) >= 11 is 0. The normalized spacial score (nSPS) is 13.2. The van der Waals surface area contributed by atoms with Gasteiger partial charge >= 0.3 is 0 Å². The lowest BCUT2D eigenvalue weighted by atomic mass is 10.1.